The van der Waals surface area contributed by atoms with Crippen molar-refractivity contribution in [3.05, 3.63) is 42.6 Å². The van der Waals surface area contributed by atoms with Crippen LogP contribution < -0.4 is 4.90 Å². The minimum absolute atomic E-state index is 0.469. The molecule has 0 saturated heterocycles. The highest BCUT2D eigenvalue weighted by molar-refractivity contribution is 6.48. The number of ketones is 1. The number of hydrogen-bond acceptors (Lipinski definition) is 2. The third-order valence-corrected chi connectivity index (χ3v) is 1.84. The third kappa shape index (κ3) is 1.24. The maximum atomic E-state index is 11.2. The first-order chi connectivity index (χ1) is 6.29. The van der Waals surface area contributed by atoms with Gasteiger partial charge in [0.1, 0.15) is 0 Å². The number of para-hydroxylation sites is 1. The Bertz CT molecular complexity index is 381. The average Bonchev–Trinajstić information content (AvgIpc) is 2.49. The lowest BCUT2D eigenvalue weighted by molar-refractivity contribution is -0.132. The number of benzene rings is 1. The molecule has 3 nitrogen and oxygen atoms in total. The SMILES string of the molecule is O=C1C=CN(c2ccccc2)C1=O. The fourth-order valence-electron chi connectivity index (χ4n) is 1.19. The molecule has 1 aliphatic rings. The topological polar surface area (TPSA) is 37.4 Å². The summed E-state index contributed by atoms with van der Waals surface area (Å²) in [5.41, 5.74) is 0.717. The smallest absolute Gasteiger partial charge is 0.284 e. The Morgan fingerprint density at radius 1 is 1.00 bits per heavy atom. The second-order valence-corrected chi connectivity index (χ2v) is 2.69. The highest BCUT2D eigenvalue weighted by atomic mass is 16.2. The van der Waals surface area contributed by atoms with E-state index in [2.05, 4.69) is 0 Å². The summed E-state index contributed by atoms with van der Waals surface area (Å²) in [6, 6.07) is 9.05. The number of anilines is 1. The van der Waals surface area contributed by atoms with Crippen LogP contribution in [0.25, 0.3) is 0 Å². The Balaban J connectivity index is 2.35. The average molecular weight is 173 g/mol. The lowest BCUT2D eigenvalue weighted by atomic mass is 10.3. The Hall–Kier alpha value is -1.90. The molecule has 0 fully saturated rings. The molecule has 0 aliphatic carbocycles. The molecule has 1 aromatic rings. The molecule has 13 heavy (non-hydrogen) atoms. The van der Waals surface area contributed by atoms with Gasteiger partial charge in [0.05, 0.1) is 0 Å². The van der Waals surface area contributed by atoms with Crippen LogP contribution in [0.3, 0.4) is 0 Å². The van der Waals surface area contributed by atoms with Gasteiger partial charge in [-0.15, -0.1) is 0 Å². The van der Waals surface area contributed by atoms with Crippen molar-refractivity contribution in [2.45, 2.75) is 0 Å². The zero-order valence-electron chi connectivity index (χ0n) is 6.81. The van der Waals surface area contributed by atoms with Crippen LogP contribution in [0, 0.1) is 0 Å². The van der Waals surface area contributed by atoms with E-state index in [4.69, 9.17) is 0 Å². The molecular weight excluding hydrogens is 166 g/mol. The first-order valence-corrected chi connectivity index (χ1v) is 3.90. The Morgan fingerprint density at radius 3 is 2.23 bits per heavy atom. The lowest BCUT2D eigenvalue weighted by Gasteiger charge is -2.11. The molecule has 0 unspecified atom stereocenters. The summed E-state index contributed by atoms with van der Waals surface area (Å²) in [7, 11) is 0. The predicted octanol–water partition coefficient (Wildman–Crippen LogP) is 1.12. The summed E-state index contributed by atoms with van der Waals surface area (Å²) in [5, 5.41) is 0. The van der Waals surface area contributed by atoms with E-state index in [0.717, 1.165) is 5.69 Å². The van der Waals surface area contributed by atoms with Crippen LogP contribution in [-0.2, 0) is 9.59 Å². The minimum Gasteiger partial charge on any atom is -0.284 e. The van der Waals surface area contributed by atoms with E-state index < -0.39 is 11.7 Å². The van der Waals surface area contributed by atoms with Crippen LogP contribution in [0.4, 0.5) is 5.69 Å². The number of rotatable bonds is 1. The molecule has 0 spiro atoms. The highest BCUT2D eigenvalue weighted by Gasteiger charge is 2.24. The van der Waals surface area contributed by atoms with E-state index in [0.29, 0.717) is 0 Å². The van der Waals surface area contributed by atoms with Gasteiger partial charge >= 0.3 is 5.91 Å². The molecule has 0 radical (unpaired) electrons. The second-order valence-electron chi connectivity index (χ2n) is 2.69. The van der Waals surface area contributed by atoms with Crippen molar-refractivity contribution in [2.24, 2.45) is 0 Å². The Labute approximate surface area is 75.3 Å². The van der Waals surface area contributed by atoms with Gasteiger partial charge in [0, 0.05) is 18.0 Å². The van der Waals surface area contributed by atoms with E-state index in [9.17, 15) is 9.59 Å². The molecular formula is C10H7NO2. The number of hydrogen-bond donors (Lipinski definition) is 0. The molecule has 64 valence electrons. The van der Waals surface area contributed by atoms with Crippen molar-refractivity contribution in [3.8, 4) is 0 Å². The number of amides is 1. The molecule has 0 N–H and O–H groups in total. The first-order valence-electron chi connectivity index (χ1n) is 3.90. The predicted molar refractivity (Wildman–Crippen MR) is 48.1 cm³/mol. The molecule has 1 heterocycles. The molecule has 0 aromatic heterocycles. The van der Waals surface area contributed by atoms with Crippen molar-refractivity contribution in [1.82, 2.24) is 0 Å². The molecule has 0 saturated carbocycles. The number of carbonyl (C=O) groups is 2. The van der Waals surface area contributed by atoms with Crippen LogP contribution in [0.1, 0.15) is 0 Å². The second kappa shape index (κ2) is 2.86. The molecule has 2 rings (SSSR count). The molecule has 0 bridgehead atoms. The van der Waals surface area contributed by atoms with Gasteiger partial charge in [-0.05, 0) is 12.1 Å². The maximum Gasteiger partial charge on any atom is 0.302 e. The van der Waals surface area contributed by atoms with Crippen LogP contribution in [-0.4, -0.2) is 11.7 Å². The summed E-state index contributed by atoms with van der Waals surface area (Å²) in [6.45, 7) is 0. The summed E-state index contributed by atoms with van der Waals surface area (Å²) in [6.07, 6.45) is 2.76. The zero-order chi connectivity index (χ0) is 9.26. The van der Waals surface area contributed by atoms with E-state index in [1.807, 2.05) is 18.2 Å². The monoisotopic (exact) mass is 173 g/mol. The van der Waals surface area contributed by atoms with Crippen molar-refractivity contribution in [1.29, 1.82) is 0 Å². The molecule has 3 heteroatoms. The number of nitrogens with zero attached hydrogens (tertiary/aromatic N) is 1. The quantitative estimate of drug-likeness (QED) is 0.597. The number of carbonyl (C=O) groups excluding carboxylic acids is 2. The van der Waals surface area contributed by atoms with Crippen molar-refractivity contribution >= 4 is 17.4 Å². The summed E-state index contributed by atoms with van der Waals surface area (Å²) in [4.78, 5) is 23.4. The van der Waals surface area contributed by atoms with Gasteiger partial charge in [0.15, 0.2) is 0 Å². The van der Waals surface area contributed by atoms with Gasteiger partial charge in [0.2, 0.25) is 5.78 Å². The van der Waals surface area contributed by atoms with Gasteiger partial charge in [-0.25, -0.2) is 0 Å². The zero-order valence-corrected chi connectivity index (χ0v) is 6.81. The fraction of sp³-hybridized carbons (Fsp3) is 0. The molecule has 1 aromatic carbocycles. The molecule has 1 aliphatic heterocycles. The van der Waals surface area contributed by atoms with E-state index in [1.165, 1.54) is 17.2 Å². The van der Waals surface area contributed by atoms with E-state index in [-0.39, 0.29) is 0 Å². The minimum atomic E-state index is -0.494. The lowest BCUT2D eigenvalue weighted by Crippen LogP contribution is -2.25. The van der Waals surface area contributed by atoms with Gasteiger partial charge in [-0.1, -0.05) is 18.2 Å². The van der Waals surface area contributed by atoms with Gasteiger partial charge in [0.25, 0.3) is 0 Å². The fourth-order valence-corrected chi connectivity index (χ4v) is 1.19. The molecule has 1 amide bonds. The van der Waals surface area contributed by atoms with Crippen LogP contribution >= 0.6 is 0 Å². The Kier molecular flexibility index (Phi) is 1.70. The standard InChI is InChI=1S/C10H7NO2/c12-9-6-7-11(10(9)13)8-4-2-1-3-5-8/h1-7H. The van der Waals surface area contributed by atoms with Gasteiger partial charge in [-0.2, -0.15) is 0 Å². The van der Waals surface area contributed by atoms with Gasteiger partial charge in [-0.3, -0.25) is 14.5 Å². The van der Waals surface area contributed by atoms with Crippen molar-refractivity contribution in [3.63, 3.8) is 0 Å². The normalized spacial score (nSPS) is 15.5. The van der Waals surface area contributed by atoms with E-state index in [1.54, 1.807) is 12.1 Å². The first kappa shape index (κ1) is 7.73. The van der Waals surface area contributed by atoms with Crippen LogP contribution in [0.15, 0.2) is 42.6 Å². The van der Waals surface area contributed by atoms with Crippen LogP contribution in [0.5, 0.6) is 0 Å². The maximum absolute atomic E-state index is 11.2. The summed E-state index contributed by atoms with van der Waals surface area (Å²) < 4.78 is 0. The summed E-state index contributed by atoms with van der Waals surface area (Å²) in [5.74, 6) is -0.963. The third-order valence-electron chi connectivity index (χ3n) is 1.84. The summed E-state index contributed by atoms with van der Waals surface area (Å²) >= 11 is 0. The highest BCUT2D eigenvalue weighted by Crippen LogP contribution is 2.17. The van der Waals surface area contributed by atoms with Crippen molar-refractivity contribution in [2.75, 3.05) is 4.90 Å². The largest absolute Gasteiger partial charge is 0.302 e. The molecule has 0 atom stereocenters. The van der Waals surface area contributed by atoms with Crippen LogP contribution in [0.2, 0.25) is 0 Å². The Morgan fingerprint density at radius 2 is 1.69 bits per heavy atom. The van der Waals surface area contributed by atoms with Crippen molar-refractivity contribution < 1.29 is 9.59 Å². The van der Waals surface area contributed by atoms with E-state index >= 15 is 0 Å². The van der Waals surface area contributed by atoms with Gasteiger partial charge < -0.3 is 0 Å².